The lowest BCUT2D eigenvalue weighted by molar-refractivity contribution is 0.822. The first-order valence-corrected chi connectivity index (χ1v) is 6.15. The molecule has 0 aliphatic rings. The number of hydrogen-bond acceptors (Lipinski definition) is 6. The summed E-state index contributed by atoms with van der Waals surface area (Å²) in [5.41, 5.74) is 8.73. The van der Waals surface area contributed by atoms with E-state index in [9.17, 15) is 0 Å². The molecule has 0 spiro atoms. The Labute approximate surface area is 112 Å². The Kier molecular flexibility index (Phi) is 2.05. The highest BCUT2D eigenvalue weighted by Gasteiger charge is 2.19. The Morgan fingerprint density at radius 3 is 3.05 bits per heavy atom. The van der Waals surface area contributed by atoms with Crippen LogP contribution >= 0.6 is 0 Å². The fourth-order valence-electron chi connectivity index (χ4n) is 2.31. The van der Waals surface area contributed by atoms with Crippen LogP contribution in [-0.2, 0) is 6.42 Å². The van der Waals surface area contributed by atoms with E-state index in [2.05, 4.69) is 35.2 Å². The highest BCUT2D eigenvalue weighted by atomic mass is 15.4. The molecule has 0 saturated heterocycles. The van der Waals surface area contributed by atoms with Gasteiger partial charge in [-0.25, -0.2) is 15.0 Å². The van der Waals surface area contributed by atoms with E-state index in [4.69, 9.17) is 5.73 Å². The van der Waals surface area contributed by atoms with Gasteiger partial charge in [0.2, 0.25) is 0 Å². The van der Waals surface area contributed by atoms with Crippen molar-refractivity contribution in [3.8, 4) is 5.82 Å². The normalized spacial score (nSPS) is 11.7. The van der Waals surface area contributed by atoms with Gasteiger partial charge in [0, 0.05) is 0 Å². The van der Waals surface area contributed by atoms with Crippen LogP contribution in [0, 0.1) is 0 Å². The molecule has 100 valence electrons. The van der Waals surface area contributed by atoms with E-state index in [0.717, 1.165) is 17.5 Å². The number of nitrogen functional groups attached to an aromatic ring is 1. The lowest BCUT2D eigenvalue weighted by Gasteiger charge is -2.00. The van der Waals surface area contributed by atoms with E-state index >= 15 is 0 Å². The van der Waals surface area contributed by atoms with Gasteiger partial charge in [0.25, 0.3) is 0 Å². The second-order valence-electron chi connectivity index (χ2n) is 4.35. The summed E-state index contributed by atoms with van der Waals surface area (Å²) in [5, 5.41) is 12.4. The van der Waals surface area contributed by atoms with Crippen LogP contribution in [0.1, 0.15) is 12.6 Å². The molecule has 9 heteroatoms. The molecule has 4 aromatic heterocycles. The summed E-state index contributed by atoms with van der Waals surface area (Å²) in [5.74, 6) is 1.11. The fraction of sp³-hybridized carbons (Fsp3) is 0.182. The molecule has 0 aliphatic carbocycles. The fourth-order valence-corrected chi connectivity index (χ4v) is 2.31. The zero-order valence-electron chi connectivity index (χ0n) is 10.6. The Morgan fingerprint density at radius 1 is 1.30 bits per heavy atom. The average molecular weight is 269 g/mol. The monoisotopic (exact) mass is 269 g/mol. The number of aryl methyl sites for hydroxylation is 1. The Morgan fingerprint density at radius 2 is 2.20 bits per heavy atom. The quantitative estimate of drug-likeness (QED) is 0.488. The van der Waals surface area contributed by atoms with E-state index < -0.39 is 0 Å². The predicted octanol–water partition coefficient (Wildman–Crippen LogP) is 0.559. The highest BCUT2D eigenvalue weighted by molar-refractivity contribution is 5.91. The standard InChI is InChI=1S/C11H11N9/c1-2-5-6-8(12)17-18-10(6)20(19-5)11-7-9(14-3-13-7)15-4-16-11/h3-4H,2H2,1H3,(H3,12,17,18)(H,13,14,15,16). The van der Waals surface area contributed by atoms with Crippen LogP contribution in [0.4, 0.5) is 5.82 Å². The molecule has 0 unspecified atom stereocenters. The number of nitrogens with two attached hydrogens (primary N) is 1. The van der Waals surface area contributed by atoms with Crippen molar-refractivity contribution < 1.29 is 0 Å². The number of anilines is 1. The number of nitrogens with one attached hydrogen (secondary N) is 2. The summed E-state index contributed by atoms with van der Waals surface area (Å²) in [6.07, 6.45) is 3.78. The molecule has 0 fully saturated rings. The zero-order valence-corrected chi connectivity index (χ0v) is 10.6. The van der Waals surface area contributed by atoms with Gasteiger partial charge in [0.15, 0.2) is 17.1 Å². The highest BCUT2D eigenvalue weighted by Crippen LogP contribution is 2.26. The maximum atomic E-state index is 5.91. The number of hydrogen-bond donors (Lipinski definition) is 3. The molecule has 0 bridgehead atoms. The van der Waals surface area contributed by atoms with Gasteiger partial charge in [-0.2, -0.15) is 14.9 Å². The van der Waals surface area contributed by atoms with Crippen LogP contribution in [0.25, 0.3) is 28.0 Å². The lowest BCUT2D eigenvalue weighted by Crippen LogP contribution is -2.03. The number of nitrogens with zero attached hydrogens (tertiary/aromatic N) is 6. The third kappa shape index (κ3) is 1.28. The molecule has 4 N–H and O–H groups in total. The van der Waals surface area contributed by atoms with Crippen LogP contribution in [0.3, 0.4) is 0 Å². The first kappa shape index (κ1) is 10.9. The van der Waals surface area contributed by atoms with Gasteiger partial charge in [-0.3, -0.25) is 5.10 Å². The molecule has 9 nitrogen and oxygen atoms in total. The van der Waals surface area contributed by atoms with Crippen LogP contribution in [0.15, 0.2) is 12.7 Å². The van der Waals surface area contributed by atoms with E-state index in [-0.39, 0.29) is 0 Å². The van der Waals surface area contributed by atoms with Crippen LogP contribution < -0.4 is 5.73 Å². The van der Waals surface area contributed by atoms with Crippen LogP contribution in [0.2, 0.25) is 0 Å². The molecule has 0 saturated carbocycles. The van der Waals surface area contributed by atoms with Gasteiger partial charge < -0.3 is 10.7 Å². The minimum atomic E-state index is 0.512. The minimum absolute atomic E-state index is 0.512. The first-order valence-electron chi connectivity index (χ1n) is 6.15. The van der Waals surface area contributed by atoms with Gasteiger partial charge in [-0.1, -0.05) is 6.92 Å². The molecule has 4 heterocycles. The van der Waals surface area contributed by atoms with Crippen LogP contribution in [0.5, 0.6) is 0 Å². The van der Waals surface area contributed by atoms with Crippen molar-refractivity contribution in [2.24, 2.45) is 0 Å². The van der Waals surface area contributed by atoms with Crippen molar-refractivity contribution >= 4 is 28.0 Å². The smallest absolute Gasteiger partial charge is 0.188 e. The van der Waals surface area contributed by atoms with Crippen molar-refractivity contribution in [2.45, 2.75) is 13.3 Å². The SMILES string of the molecule is CCc1nn(-c2ncnc3nc[nH]c23)c2n[nH]c(N)c12. The van der Waals surface area contributed by atoms with Gasteiger partial charge in [-0.15, -0.1) is 0 Å². The van der Waals surface area contributed by atoms with Crippen LogP contribution in [-0.4, -0.2) is 39.9 Å². The number of rotatable bonds is 2. The maximum Gasteiger partial charge on any atom is 0.188 e. The summed E-state index contributed by atoms with van der Waals surface area (Å²) in [7, 11) is 0. The molecule has 0 amide bonds. The lowest BCUT2D eigenvalue weighted by atomic mass is 10.2. The summed E-state index contributed by atoms with van der Waals surface area (Å²) >= 11 is 0. The zero-order chi connectivity index (χ0) is 13.7. The molecule has 4 aromatic rings. The number of fused-ring (bicyclic) bond motifs is 2. The third-order valence-corrected chi connectivity index (χ3v) is 3.22. The summed E-state index contributed by atoms with van der Waals surface area (Å²) in [6, 6.07) is 0. The van der Waals surface area contributed by atoms with Crippen molar-refractivity contribution in [3.63, 3.8) is 0 Å². The average Bonchev–Trinajstić information content (AvgIpc) is 3.14. The molecule has 0 radical (unpaired) electrons. The van der Waals surface area contributed by atoms with Gasteiger partial charge in [0.1, 0.15) is 17.7 Å². The van der Waals surface area contributed by atoms with Gasteiger partial charge in [0.05, 0.1) is 17.4 Å². The molecule has 20 heavy (non-hydrogen) atoms. The largest absolute Gasteiger partial charge is 0.383 e. The van der Waals surface area contributed by atoms with Gasteiger partial charge >= 0.3 is 0 Å². The Balaban J connectivity index is 2.10. The molecule has 0 aromatic carbocycles. The van der Waals surface area contributed by atoms with Crippen molar-refractivity contribution in [2.75, 3.05) is 5.73 Å². The second kappa shape index (κ2) is 3.76. The summed E-state index contributed by atoms with van der Waals surface area (Å²) < 4.78 is 1.66. The van der Waals surface area contributed by atoms with E-state index in [1.807, 2.05) is 6.92 Å². The van der Waals surface area contributed by atoms with E-state index in [0.29, 0.717) is 28.4 Å². The Bertz CT molecular complexity index is 913. The minimum Gasteiger partial charge on any atom is -0.383 e. The summed E-state index contributed by atoms with van der Waals surface area (Å²) in [6.45, 7) is 2.02. The number of aromatic amines is 2. The second-order valence-corrected chi connectivity index (χ2v) is 4.35. The first-order chi connectivity index (χ1) is 9.79. The molecule has 0 atom stereocenters. The molecular formula is C11H11N9. The topological polar surface area (TPSA) is 127 Å². The van der Waals surface area contributed by atoms with E-state index in [1.165, 1.54) is 6.33 Å². The van der Waals surface area contributed by atoms with Crippen molar-refractivity contribution in [1.29, 1.82) is 0 Å². The molecular weight excluding hydrogens is 258 g/mol. The number of aromatic nitrogens is 8. The van der Waals surface area contributed by atoms with Gasteiger partial charge in [-0.05, 0) is 6.42 Å². The number of H-pyrrole nitrogens is 2. The van der Waals surface area contributed by atoms with E-state index in [1.54, 1.807) is 11.0 Å². The molecule has 0 aliphatic heterocycles. The van der Waals surface area contributed by atoms with Crippen molar-refractivity contribution in [1.82, 2.24) is 39.9 Å². The predicted molar refractivity (Wildman–Crippen MR) is 72.2 cm³/mol. The maximum absolute atomic E-state index is 5.91. The van der Waals surface area contributed by atoms with Crippen molar-refractivity contribution in [3.05, 3.63) is 18.3 Å². The number of imidazole rings is 1. The third-order valence-electron chi connectivity index (χ3n) is 3.22. The summed E-state index contributed by atoms with van der Waals surface area (Å²) in [4.78, 5) is 15.5. The Hall–Kier alpha value is -2.97. The molecule has 4 rings (SSSR count).